The molecule has 3 aromatic carbocycles. The maximum absolute atomic E-state index is 14.0. The van der Waals surface area contributed by atoms with Crippen molar-refractivity contribution >= 4 is 50.7 Å². The van der Waals surface area contributed by atoms with Gasteiger partial charge in [-0.2, -0.15) is 0 Å². The van der Waals surface area contributed by atoms with Crippen LogP contribution in [0.5, 0.6) is 0 Å². The monoisotopic (exact) mass is 575 g/mol. The number of hydrogen-bond donors (Lipinski definition) is 1. The van der Waals surface area contributed by atoms with Crippen LogP contribution in [-0.4, -0.2) is 44.8 Å². The fraction of sp³-hybridized carbons (Fsp3) is 0.286. The van der Waals surface area contributed by atoms with E-state index >= 15 is 0 Å². The summed E-state index contributed by atoms with van der Waals surface area (Å²) in [6.07, 6.45) is 0.294. The zero-order valence-corrected chi connectivity index (χ0v) is 24.1. The molecule has 0 saturated heterocycles. The van der Waals surface area contributed by atoms with E-state index in [0.29, 0.717) is 27.7 Å². The van der Waals surface area contributed by atoms with Gasteiger partial charge < -0.3 is 10.2 Å². The molecule has 1 N–H and O–H groups in total. The number of sulfonamides is 1. The lowest BCUT2D eigenvalue weighted by molar-refractivity contribution is -0.140. The summed E-state index contributed by atoms with van der Waals surface area (Å²) < 4.78 is 28.9. The van der Waals surface area contributed by atoms with Crippen molar-refractivity contribution in [3.63, 3.8) is 0 Å². The van der Waals surface area contributed by atoms with E-state index in [1.165, 1.54) is 24.1 Å². The first-order chi connectivity index (χ1) is 18.0. The molecule has 3 aromatic rings. The Bertz CT molecular complexity index is 1390. The van der Waals surface area contributed by atoms with Crippen LogP contribution >= 0.6 is 23.2 Å². The highest BCUT2D eigenvalue weighted by atomic mass is 35.5. The molecule has 0 aliphatic carbocycles. The van der Waals surface area contributed by atoms with Crippen molar-refractivity contribution in [2.75, 3.05) is 17.9 Å². The zero-order chi connectivity index (χ0) is 28.0. The number of carbonyl (C=O) groups is 2. The summed E-state index contributed by atoms with van der Waals surface area (Å²) in [6, 6.07) is 17.3. The van der Waals surface area contributed by atoms with Gasteiger partial charge in [-0.05, 0) is 61.7 Å². The van der Waals surface area contributed by atoms with Crippen molar-refractivity contribution < 1.29 is 18.0 Å². The Hall–Kier alpha value is -3.07. The second kappa shape index (κ2) is 12.7. The number of likely N-dealkylation sites (N-methyl/N-ethyl adjacent to an activating group) is 1. The third-order valence-corrected chi connectivity index (χ3v) is 8.96. The molecule has 3 rings (SSSR count). The average Bonchev–Trinajstić information content (AvgIpc) is 2.90. The van der Waals surface area contributed by atoms with Gasteiger partial charge in [-0.3, -0.25) is 13.9 Å². The van der Waals surface area contributed by atoms with Gasteiger partial charge in [-0.15, -0.1) is 0 Å². The van der Waals surface area contributed by atoms with Crippen LogP contribution in [-0.2, 0) is 26.2 Å². The molecule has 0 unspecified atom stereocenters. The number of halogens is 2. The van der Waals surface area contributed by atoms with Gasteiger partial charge in [0.25, 0.3) is 10.0 Å². The molecule has 10 heteroatoms. The number of hydrogen-bond acceptors (Lipinski definition) is 4. The van der Waals surface area contributed by atoms with Gasteiger partial charge in [-0.25, -0.2) is 8.42 Å². The molecule has 0 radical (unpaired) electrons. The average molecular weight is 577 g/mol. The van der Waals surface area contributed by atoms with Crippen molar-refractivity contribution in [1.82, 2.24) is 10.2 Å². The highest BCUT2D eigenvalue weighted by Gasteiger charge is 2.34. The summed E-state index contributed by atoms with van der Waals surface area (Å²) in [5.41, 5.74) is 2.44. The molecule has 1 atom stereocenters. The summed E-state index contributed by atoms with van der Waals surface area (Å²) in [6.45, 7) is 4.85. The molecule has 38 heavy (non-hydrogen) atoms. The summed E-state index contributed by atoms with van der Waals surface area (Å²) in [5.74, 6) is -0.954. The molecule has 0 spiro atoms. The van der Waals surface area contributed by atoms with Crippen molar-refractivity contribution in [2.24, 2.45) is 0 Å². The van der Waals surface area contributed by atoms with Gasteiger partial charge in [-0.1, -0.05) is 66.5 Å². The summed E-state index contributed by atoms with van der Waals surface area (Å²) in [4.78, 5) is 28.2. The summed E-state index contributed by atoms with van der Waals surface area (Å²) in [5, 5.41) is 3.27. The fourth-order valence-electron chi connectivity index (χ4n) is 4.18. The standard InChI is InChI=1S/C28H31Cl2N3O4S/c1-5-25(28(35)31-4)32(17-22-23(29)14-10-15-24(22)30)27(34)18-33(26-16-9-11-19(2)20(26)3)38(36,37)21-12-7-6-8-13-21/h6-16,25H,5,17-18H2,1-4H3,(H,31,35)/t25-/m1/s1. The molecular weight excluding hydrogens is 545 g/mol. The molecule has 0 bridgehead atoms. The van der Waals surface area contributed by atoms with Crippen molar-refractivity contribution in [3.8, 4) is 0 Å². The summed E-state index contributed by atoms with van der Waals surface area (Å²) >= 11 is 12.8. The van der Waals surface area contributed by atoms with E-state index in [0.717, 1.165) is 15.4 Å². The number of amides is 2. The van der Waals surface area contributed by atoms with Crippen LogP contribution in [0, 0.1) is 13.8 Å². The van der Waals surface area contributed by atoms with Gasteiger partial charge in [0.15, 0.2) is 0 Å². The van der Waals surface area contributed by atoms with E-state index in [9.17, 15) is 18.0 Å². The van der Waals surface area contributed by atoms with Crippen LogP contribution in [0.3, 0.4) is 0 Å². The van der Waals surface area contributed by atoms with Crippen LogP contribution < -0.4 is 9.62 Å². The summed E-state index contributed by atoms with van der Waals surface area (Å²) in [7, 11) is -2.65. The van der Waals surface area contributed by atoms with E-state index in [4.69, 9.17) is 23.2 Å². The molecule has 2 amide bonds. The van der Waals surface area contributed by atoms with Gasteiger partial charge in [0.05, 0.1) is 10.6 Å². The Kier molecular flexibility index (Phi) is 9.82. The number of rotatable bonds is 10. The van der Waals surface area contributed by atoms with E-state index in [1.807, 2.05) is 19.9 Å². The molecule has 0 aliphatic rings. The molecule has 7 nitrogen and oxygen atoms in total. The zero-order valence-electron chi connectivity index (χ0n) is 21.7. The largest absolute Gasteiger partial charge is 0.357 e. The lowest BCUT2D eigenvalue weighted by Gasteiger charge is -2.33. The Morgan fingerprint density at radius 2 is 1.53 bits per heavy atom. The normalized spacial score (nSPS) is 12.1. The molecular formula is C28H31Cl2N3O4S. The van der Waals surface area contributed by atoms with Crippen LogP contribution in [0.2, 0.25) is 10.0 Å². The van der Waals surface area contributed by atoms with E-state index in [1.54, 1.807) is 55.5 Å². The smallest absolute Gasteiger partial charge is 0.264 e. The topological polar surface area (TPSA) is 86.8 Å². The highest BCUT2D eigenvalue weighted by molar-refractivity contribution is 7.92. The minimum absolute atomic E-state index is 0.0488. The van der Waals surface area contributed by atoms with E-state index in [2.05, 4.69) is 5.32 Å². The Morgan fingerprint density at radius 1 is 0.921 bits per heavy atom. The quantitative estimate of drug-likeness (QED) is 0.352. The van der Waals surface area contributed by atoms with Gasteiger partial charge in [0.1, 0.15) is 12.6 Å². The first-order valence-electron chi connectivity index (χ1n) is 12.1. The van der Waals surface area contributed by atoms with E-state index < -0.39 is 28.5 Å². The lowest BCUT2D eigenvalue weighted by Crippen LogP contribution is -2.52. The predicted molar refractivity (Wildman–Crippen MR) is 152 cm³/mol. The third-order valence-electron chi connectivity index (χ3n) is 6.48. The van der Waals surface area contributed by atoms with Crippen molar-refractivity contribution in [1.29, 1.82) is 0 Å². The van der Waals surface area contributed by atoms with Crippen LogP contribution in [0.4, 0.5) is 5.69 Å². The SMILES string of the molecule is CC[C@H](C(=O)NC)N(Cc1c(Cl)cccc1Cl)C(=O)CN(c1cccc(C)c1C)S(=O)(=O)c1ccccc1. The number of aryl methyl sites for hydroxylation is 1. The molecule has 202 valence electrons. The Balaban J connectivity index is 2.13. The minimum atomic E-state index is -4.14. The first kappa shape index (κ1) is 29.5. The maximum atomic E-state index is 14.0. The van der Waals surface area contributed by atoms with Gasteiger partial charge >= 0.3 is 0 Å². The maximum Gasteiger partial charge on any atom is 0.264 e. The molecule has 0 heterocycles. The van der Waals surface area contributed by atoms with Crippen LogP contribution in [0.15, 0.2) is 71.6 Å². The Morgan fingerprint density at radius 3 is 2.11 bits per heavy atom. The van der Waals surface area contributed by atoms with Crippen LogP contribution in [0.1, 0.15) is 30.0 Å². The third kappa shape index (κ3) is 6.31. The second-order valence-electron chi connectivity index (χ2n) is 8.80. The van der Waals surface area contributed by atoms with Crippen LogP contribution in [0.25, 0.3) is 0 Å². The highest BCUT2D eigenvalue weighted by Crippen LogP contribution is 2.30. The van der Waals surface area contributed by atoms with Crippen molar-refractivity contribution in [2.45, 2.75) is 44.7 Å². The minimum Gasteiger partial charge on any atom is -0.357 e. The van der Waals surface area contributed by atoms with Gasteiger partial charge in [0, 0.05) is 29.2 Å². The number of nitrogens with zero attached hydrogens (tertiary/aromatic N) is 2. The van der Waals surface area contributed by atoms with Crippen molar-refractivity contribution in [3.05, 3.63) is 93.5 Å². The predicted octanol–water partition coefficient (Wildman–Crippen LogP) is 5.36. The molecule has 0 saturated carbocycles. The number of benzene rings is 3. The molecule has 0 aromatic heterocycles. The first-order valence-corrected chi connectivity index (χ1v) is 14.3. The van der Waals surface area contributed by atoms with E-state index in [-0.39, 0.29) is 17.3 Å². The van der Waals surface area contributed by atoms with Gasteiger partial charge in [0.2, 0.25) is 11.8 Å². The second-order valence-corrected chi connectivity index (χ2v) is 11.5. The number of carbonyl (C=O) groups excluding carboxylic acids is 2. The Labute approximate surface area is 234 Å². The lowest BCUT2D eigenvalue weighted by atomic mass is 10.1. The number of anilines is 1. The molecule has 0 aliphatic heterocycles. The fourth-order valence-corrected chi connectivity index (χ4v) is 6.19. The molecule has 0 fully saturated rings. The number of nitrogens with one attached hydrogen (secondary N) is 1.